The summed E-state index contributed by atoms with van der Waals surface area (Å²) in [6.07, 6.45) is 1.05. The molecule has 2 unspecified atom stereocenters. The van der Waals surface area contributed by atoms with E-state index >= 15 is 0 Å². The van der Waals surface area contributed by atoms with Crippen molar-refractivity contribution < 1.29 is 5.11 Å². The highest BCUT2D eigenvalue weighted by Crippen LogP contribution is 2.17. The van der Waals surface area contributed by atoms with Crippen molar-refractivity contribution in [2.45, 2.75) is 26.3 Å². The average molecular weight is 228 g/mol. The van der Waals surface area contributed by atoms with Gasteiger partial charge in [-0.3, -0.25) is 0 Å². The molecule has 0 spiro atoms. The van der Waals surface area contributed by atoms with Gasteiger partial charge in [0.25, 0.3) is 0 Å². The van der Waals surface area contributed by atoms with E-state index in [-0.39, 0.29) is 12.6 Å². The molecule has 1 aromatic carbocycles. The van der Waals surface area contributed by atoms with Gasteiger partial charge in [0.1, 0.15) is 0 Å². The molecule has 15 heavy (non-hydrogen) atoms. The Morgan fingerprint density at radius 1 is 1.33 bits per heavy atom. The van der Waals surface area contributed by atoms with Crippen LogP contribution in [0.1, 0.15) is 20.3 Å². The zero-order valence-electron chi connectivity index (χ0n) is 9.20. The molecule has 0 bridgehead atoms. The van der Waals surface area contributed by atoms with Gasteiger partial charge in [-0.2, -0.15) is 0 Å². The lowest BCUT2D eigenvalue weighted by molar-refractivity contribution is 0.241. The van der Waals surface area contributed by atoms with Gasteiger partial charge in [-0.15, -0.1) is 0 Å². The Hall–Kier alpha value is -0.730. The number of hydrogen-bond donors (Lipinski definition) is 2. The van der Waals surface area contributed by atoms with Gasteiger partial charge in [-0.05, 0) is 30.2 Å². The average Bonchev–Trinajstić information content (AvgIpc) is 2.27. The van der Waals surface area contributed by atoms with Crippen molar-refractivity contribution in [3.05, 3.63) is 29.3 Å². The van der Waals surface area contributed by atoms with E-state index in [4.69, 9.17) is 11.6 Å². The maximum atomic E-state index is 9.25. The summed E-state index contributed by atoms with van der Waals surface area (Å²) in [6.45, 7) is 4.40. The highest BCUT2D eigenvalue weighted by Gasteiger charge is 2.13. The van der Waals surface area contributed by atoms with Gasteiger partial charge in [0.2, 0.25) is 0 Å². The third kappa shape index (κ3) is 3.73. The molecule has 2 atom stereocenters. The second-order valence-corrected chi connectivity index (χ2v) is 4.26. The zero-order valence-corrected chi connectivity index (χ0v) is 9.96. The topological polar surface area (TPSA) is 32.3 Å². The number of rotatable bonds is 5. The maximum Gasteiger partial charge on any atom is 0.0635 e. The zero-order chi connectivity index (χ0) is 11.3. The second kappa shape index (κ2) is 5.99. The van der Waals surface area contributed by atoms with E-state index in [9.17, 15) is 5.11 Å². The van der Waals surface area contributed by atoms with Gasteiger partial charge in [-0.25, -0.2) is 0 Å². The van der Waals surface area contributed by atoms with Crippen LogP contribution in [0.3, 0.4) is 0 Å². The summed E-state index contributed by atoms with van der Waals surface area (Å²) < 4.78 is 0. The molecule has 84 valence electrons. The Morgan fingerprint density at radius 2 is 1.93 bits per heavy atom. The Kier molecular flexibility index (Phi) is 4.92. The number of benzene rings is 1. The first-order valence-corrected chi connectivity index (χ1v) is 5.68. The molecule has 0 aliphatic carbocycles. The van der Waals surface area contributed by atoms with E-state index in [1.165, 1.54) is 0 Å². The first kappa shape index (κ1) is 12.3. The monoisotopic (exact) mass is 227 g/mol. The predicted molar refractivity (Wildman–Crippen MR) is 65.4 cm³/mol. The highest BCUT2D eigenvalue weighted by molar-refractivity contribution is 6.30. The molecular weight excluding hydrogens is 210 g/mol. The maximum absolute atomic E-state index is 9.25. The third-order valence-corrected chi connectivity index (χ3v) is 2.98. The molecule has 0 aliphatic rings. The van der Waals surface area contributed by atoms with E-state index in [1.54, 1.807) is 0 Å². The van der Waals surface area contributed by atoms with Crippen molar-refractivity contribution in [3.8, 4) is 0 Å². The minimum absolute atomic E-state index is 0.108. The van der Waals surface area contributed by atoms with Crippen LogP contribution in [0, 0.1) is 5.92 Å². The van der Waals surface area contributed by atoms with E-state index in [0.717, 1.165) is 17.1 Å². The predicted octanol–water partition coefficient (Wildman–Crippen LogP) is 3.16. The van der Waals surface area contributed by atoms with Gasteiger partial charge in [0.05, 0.1) is 12.6 Å². The van der Waals surface area contributed by atoms with Crippen molar-refractivity contribution >= 4 is 17.3 Å². The van der Waals surface area contributed by atoms with Crippen molar-refractivity contribution in [2.24, 2.45) is 5.92 Å². The molecule has 1 aromatic rings. The number of anilines is 1. The van der Waals surface area contributed by atoms with Crippen LogP contribution in [0.4, 0.5) is 5.69 Å². The summed E-state index contributed by atoms with van der Waals surface area (Å²) in [5.74, 6) is 0.450. The van der Waals surface area contributed by atoms with Gasteiger partial charge < -0.3 is 10.4 Å². The SMILES string of the molecule is CCC(C)C(CO)Nc1ccc(Cl)cc1. The fraction of sp³-hybridized carbons (Fsp3) is 0.500. The minimum Gasteiger partial charge on any atom is -0.394 e. The molecule has 0 aromatic heterocycles. The lowest BCUT2D eigenvalue weighted by atomic mass is 10.00. The van der Waals surface area contributed by atoms with Crippen molar-refractivity contribution in [1.29, 1.82) is 0 Å². The molecule has 3 heteroatoms. The van der Waals surface area contributed by atoms with Crippen LogP contribution in [-0.4, -0.2) is 17.8 Å². The number of aliphatic hydroxyl groups excluding tert-OH is 1. The molecule has 0 aliphatic heterocycles. The molecule has 2 nitrogen and oxygen atoms in total. The molecule has 0 heterocycles. The first-order valence-electron chi connectivity index (χ1n) is 5.30. The number of halogens is 1. The summed E-state index contributed by atoms with van der Waals surface area (Å²) in [6, 6.07) is 7.64. The van der Waals surface area contributed by atoms with E-state index in [2.05, 4.69) is 19.2 Å². The number of nitrogens with one attached hydrogen (secondary N) is 1. The summed E-state index contributed by atoms with van der Waals surface area (Å²) in [7, 11) is 0. The van der Waals surface area contributed by atoms with Crippen LogP contribution in [0.15, 0.2) is 24.3 Å². The Morgan fingerprint density at radius 3 is 2.40 bits per heavy atom. The second-order valence-electron chi connectivity index (χ2n) is 3.83. The fourth-order valence-electron chi connectivity index (χ4n) is 1.41. The molecule has 0 saturated carbocycles. The van der Waals surface area contributed by atoms with Gasteiger partial charge in [0, 0.05) is 10.7 Å². The molecule has 0 amide bonds. The van der Waals surface area contributed by atoms with E-state index in [0.29, 0.717) is 5.92 Å². The smallest absolute Gasteiger partial charge is 0.0635 e. The van der Waals surface area contributed by atoms with Crippen molar-refractivity contribution in [3.63, 3.8) is 0 Å². The van der Waals surface area contributed by atoms with Crippen molar-refractivity contribution in [2.75, 3.05) is 11.9 Å². The Bertz CT molecular complexity index is 286. The van der Waals surface area contributed by atoms with Crippen LogP contribution >= 0.6 is 11.6 Å². The highest BCUT2D eigenvalue weighted by atomic mass is 35.5. The molecule has 0 radical (unpaired) electrons. The van der Waals surface area contributed by atoms with Crippen molar-refractivity contribution in [1.82, 2.24) is 0 Å². The van der Waals surface area contributed by atoms with Crippen LogP contribution < -0.4 is 5.32 Å². The normalized spacial score (nSPS) is 14.7. The van der Waals surface area contributed by atoms with Gasteiger partial charge >= 0.3 is 0 Å². The summed E-state index contributed by atoms with van der Waals surface area (Å²) in [5.41, 5.74) is 0.999. The molecule has 2 N–H and O–H groups in total. The molecule has 0 saturated heterocycles. The fourth-order valence-corrected chi connectivity index (χ4v) is 1.54. The number of hydrogen-bond acceptors (Lipinski definition) is 2. The van der Waals surface area contributed by atoms with Crippen LogP contribution in [0.25, 0.3) is 0 Å². The lowest BCUT2D eigenvalue weighted by Gasteiger charge is -2.23. The Balaban J connectivity index is 2.62. The summed E-state index contributed by atoms with van der Waals surface area (Å²) in [4.78, 5) is 0. The first-order chi connectivity index (χ1) is 7.17. The largest absolute Gasteiger partial charge is 0.394 e. The molecule has 0 fully saturated rings. The lowest BCUT2D eigenvalue weighted by Crippen LogP contribution is -2.30. The third-order valence-electron chi connectivity index (χ3n) is 2.72. The summed E-state index contributed by atoms with van der Waals surface area (Å²) >= 11 is 5.79. The molecular formula is C12H18ClNO. The summed E-state index contributed by atoms with van der Waals surface area (Å²) in [5, 5.41) is 13.3. The standard InChI is InChI=1S/C12H18ClNO/c1-3-9(2)12(8-15)14-11-6-4-10(13)5-7-11/h4-7,9,12,14-15H,3,8H2,1-2H3. The van der Waals surface area contributed by atoms with Crippen LogP contribution in [0.2, 0.25) is 5.02 Å². The van der Waals surface area contributed by atoms with Crippen LogP contribution in [0.5, 0.6) is 0 Å². The van der Waals surface area contributed by atoms with E-state index in [1.807, 2.05) is 24.3 Å². The van der Waals surface area contributed by atoms with E-state index < -0.39 is 0 Å². The quantitative estimate of drug-likeness (QED) is 0.810. The van der Waals surface area contributed by atoms with Gasteiger partial charge in [0.15, 0.2) is 0 Å². The number of aliphatic hydroxyl groups is 1. The minimum atomic E-state index is 0.108. The molecule has 1 rings (SSSR count). The Labute approximate surface area is 96.3 Å². The van der Waals surface area contributed by atoms with Gasteiger partial charge in [-0.1, -0.05) is 31.9 Å². The van der Waals surface area contributed by atoms with Crippen LogP contribution in [-0.2, 0) is 0 Å².